The molecule has 2 amide bonds. The Balaban J connectivity index is 1.52. The summed E-state index contributed by atoms with van der Waals surface area (Å²) in [4.78, 5) is 39.8. The lowest BCUT2D eigenvalue weighted by Gasteiger charge is -2.25. The predicted molar refractivity (Wildman–Crippen MR) is 121 cm³/mol. The Bertz CT molecular complexity index is 1190. The molecular weight excluding hydrogens is 410 g/mol. The third-order valence-electron chi connectivity index (χ3n) is 5.88. The van der Waals surface area contributed by atoms with Gasteiger partial charge in [0.2, 0.25) is 11.8 Å². The molecule has 1 fully saturated rings. The van der Waals surface area contributed by atoms with E-state index < -0.39 is 5.76 Å². The molecule has 8 nitrogen and oxygen atoms in total. The highest BCUT2D eigenvalue weighted by Crippen LogP contribution is 2.19. The van der Waals surface area contributed by atoms with Crippen molar-refractivity contribution < 1.29 is 18.7 Å². The number of ether oxygens (including phenoxy) is 1. The highest BCUT2D eigenvalue weighted by Gasteiger charge is 2.26. The van der Waals surface area contributed by atoms with Crippen molar-refractivity contribution in [3.05, 3.63) is 64.1 Å². The molecule has 1 atom stereocenters. The van der Waals surface area contributed by atoms with E-state index in [1.54, 1.807) is 24.3 Å². The summed E-state index contributed by atoms with van der Waals surface area (Å²) in [6.07, 6.45) is 1.63. The number of nitrogens with one attached hydrogen (secondary N) is 1. The molecule has 1 aromatic heterocycles. The van der Waals surface area contributed by atoms with Crippen molar-refractivity contribution in [3.8, 4) is 0 Å². The molecule has 1 N–H and O–H groups in total. The normalized spacial score (nSPS) is 15.8. The molecule has 2 aromatic carbocycles. The molecule has 0 radical (unpaired) electrons. The van der Waals surface area contributed by atoms with Crippen molar-refractivity contribution in [3.63, 3.8) is 0 Å². The minimum absolute atomic E-state index is 0.120. The maximum absolute atomic E-state index is 13.2. The Morgan fingerprint density at radius 3 is 2.75 bits per heavy atom. The van der Waals surface area contributed by atoms with Crippen molar-refractivity contribution in [1.29, 1.82) is 0 Å². The number of benzene rings is 2. The van der Waals surface area contributed by atoms with Gasteiger partial charge < -0.3 is 19.4 Å². The minimum atomic E-state index is -0.601. The zero-order valence-corrected chi connectivity index (χ0v) is 18.3. The Hall–Kier alpha value is -3.39. The summed E-state index contributed by atoms with van der Waals surface area (Å²) in [5, 5.41) is 2.90. The van der Waals surface area contributed by atoms with Crippen molar-refractivity contribution in [2.24, 2.45) is 0 Å². The summed E-state index contributed by atoms with van der Waals surface area (Å²) < 4.78 is 12.2. The standard InChI is InChI=1S/C24H27N3O5/c1-16-7-5-9-19(17(16)2)25-22(28)14-26(13-18-8-6-12-31-18)23(29)15-27-20-10-3-4-11-21(20)32-24(27)30/h3-5,7,9-11,18H,6,8,12-15H2,1-2H3,(H,25,28). The molecule has 1 aliphatic rings. The topological polar surface area (TPSA) is 93.8 Å². The number of fused-ring (bicyclic) bond motifs is 1. The second-order valence-electron chi connectivity index (χ2n) is 8.13. The summed E-state index contributed by atoms with van der Waals surface area (Å²) >= 11 is 0. The van der Waals surface area contributed by atoms with E-state index in [1.165, 1.54) is 9.47 Å². The fraction of sp³-hybridized carbons (Fsp3) is 0.375. The van der Waals surface area contributed by atoms with Crippen molar-refractivity contribution in [2.75, 3.05) is 25.0 Å². The van der Waals surface area contributed by atoms with Gasteiger partial charge in [0, 0.05) is 18.8 Å². The first kappa shape index (κ1) is 21.8. The Morgan fingerprint density at radius 2 is 1.97 bits per heavy atom. The molecule has 1 unspecified atom stereocenters. The first-order valence-corrected chi connectivity index (χ1v) is 10.8. The first-order chi connectivity index (χ1) is 15.4. The van der Waals surface area contributed by atoms with Crippen LogP contribution in [0.25, 0.3) is 11.1 Å². The van der Waals surface area contributed by atoms with Crippen LogP contribution in [-0.2, 0) is 20.9 Å². The number of aryl methyl sites for hydroxylation is 1. The number of carbonyl (C=O) groups is 2. The Kier molecular flexibility index (Phi) is 6.41. The van der Waals surface area contributed by atoms with Gasteiger partial charge in [0.15, 0.2) is 5.58 Å². The van der Waals surface area contributed by atoms with Gasteiger partial charge in [-0.3, -0.25) is 14.2 Å². The number of nitrogens with zero attached hydrogens (tertiary/aromatic N) is 2. The van der Waals surface area contributed by atoms with Gasteiger partial charge in [-0.2, -0.15) is 0 Å². The fourth-order valence-corrected chi connectivity index (χ4v) is 3.94. The van der Waals surface area contributed by atoms with Gasteiger partial charge in [-0.25, -0.2) is 4.79 Å². The van der Waals surface area contributed by atoms with Crippen LogP contribution in [0.15, 0.2) is 51.7 Å². The molecule has 0 spiro atoms. The van der Waals surface area contributed by atoms with Crippen LogP contribution in [0.3, 0.4) is 0 Å². The van der Waals surface area contributed by atoms with Gasteiger partial charge in [0.25, 0.3) is 0 Å². The average Bonchev–Trinajstić information content (AvgIpc) is 3.39. The molecule has 32 heavy (non-hydrogen) atoms. The molecular formula is C24H27N3O5. The van der Waals surface area contributed by atoms with Crippen LogP contribution in [0, 0.1) is 13.8 Å². The summed E-state index contributed by atoms with van der Waals surface area (Å²) in [5.41, 5.74) is 3.73. The third-order valence-corrected chi connectivity index (χ3v) is 5.88. The van der Waals surface area contributed by atoms with Crippen molar-refractivity contribution in [1.82, 2.24) is 9.47 Å². The van der Waals surface area contributed by atoms with Gasteiger partial charge in [0.05, 0.1) is 11.6 Å². The number of amides is 2. The molecule has 1 aliphatic heterocycles. The van der Waals surface area contributed by atoms with Crippen LogP contribution in [0.2, 0.25) is 0 Å². The number of aromatic nitrogens is 1. The number of para-hydroxylation sites is 2. The highest BCUT2D eigenvalue weighted by atomic mass is 16.5. The van der Waals surface area contributed by atoms with Crippen molar-refractivity contribution >= 4 is 28.6 Å². The number of carbonyl (C=O) groups excluding carboxylic acids is 2. The number of oxazole rings is 1. The van der Waals surface area contributed by atoms with E-state index in [2.05, 4.69) is 5.32 Å². The molecule has 3 aromatic rings. The van der Waals surface area contributed by atoms with Crippen LogP contribution < -0.4 is 11.1 Å². The zero-order valence-electron chi connectivity index (χ0n) is 18.3. The van der Waals surface area contributed by atoms with E-state index in [9.17, 15) is 14.4 Å². The predicted octanol–water partition coefficient (Wildman–Crippen LogP) is 2.86. The van der Waals surface area contributed by atoms with Gasteiger partial charge in [-0.15, -0.1) is 0 Å². The van der Waals surface area contributed by atoms with Crippen LogP contribution >= 0.6 is 0 Å². The molecule has 4 rings (SSSR count). The molecule has 0 bridgehead atoms. The second kappa shape index (κ2) is 9.40. The second-order valence-corrected chi connectivity index (χ2v) is 8.13. The van der Waals surface area contributed by atoms with Gasteiger partial charge in [-0.05, 0) is 56.0 Å². The summed E-state index contributed by atoms with van der Waals surface area (Å²) in [6, 6.07) is 12.6. The SMILES string of the molecule is Cc1cccc(NC(=O)CN(CC2CCCO2)C(=O)Cn2c(=O)oc3ccccc32)c1C. The lowest BCUT2D eigenvalue weighted by Crippen LogP contribution is -2.44. The summed E-state index contributed by atoms with van der Waals surface area (Å²) in [5.74, 6) is -1.24. The molecule has 168 valence electrons. The van der Waals surface area contributed by atoms with Gasteiger partial charge >= 0.3 is 5.76 Å². The molecule has 0 saturated carbocycles. The fourth-order valence-electron chi connectivity index (χ4n) is 3.94. The maximum atomic E-state index is 13.2. The Labute approximate surface area is 185 Å². The largest absolute Gasteiger partial charge is 0.420 e. The number of rotatable bonds is 7. The third kappa shape index (κ3) is 4.75. The number of hydrogen-bond acceptors (Lipinski definition) is 5. The molecule has 2 heterocycles. The van der Waals surface area contributed by atoms with E-state index in [-0.39, 0.29) is 31.0 Å². The van der Waals surface area contributed by atoms with E-state index in [4.69, 9.17) is 9.15 Å². The lowest BCUT2D eigenvalue weighted by molar-refractivity contribution is -0.136. The van der Waals surface area contributed by atoms with Crippen molar-refractivity contribution in [2.45, 2.75) is 39.3 Å². The van der Waals surface area contributed by atoms with E-state index >= 15 is 0 Å². The lowest BCUT2D eigenvalue weighted by atomic mass is 10.1. The first-order valence-electron chi connectivity index (χ1n) is 10.8. The Morgan fingerprint density at radius 1 is 1.16 bits per heavy atom. The van der Waals surface area contributed by atoms with Crippen LogP contribution in [0.1, 0.15) is 24.0 Å². The number of anilines is 1. The molecule has 1 saturated heterocycles. The van der Waals surface area contributed by atoms with Gasteiger partial charge in [-0.1, -0.05) is 24.3 Å². The zero-order chi connectivity index (χ0) is 22.7. The van der Waals surface area contributed by atoms with E-state index in [1.807, 2.05) is 32.0 Å². The summed E-state index contributed by atoms with van der Waals surface area (Å²) in [6.45, 7) is 4.52. The molecule has 0 aliphatic carbocycles. The van der Waals surface area contributed by atoms with Crippen LogP contribution in [-0.4, -0.2) is 47.1 Å². The molecule has 8 heteroatoms. The average molecular weight is 437 g/mol. The maximum Gasteiger partial charge on any atom is 0.420 e. The smallest absolute Gasteiger partial charge is 0.408 e. The van der Waals surface area contributed by atoms with Crippen LogP contribution in [0.5, 0.6) is 0 Å². The minimum Gasteiger partial charge on any atom is -0.408 e. The van der Waals surface area contributed by atoms with E-state index in [0.717, 1.165) is 29.7 Å². The highest BCUT2D eigenvalue weighted by molar-refractivity contribution is 5.95. The van der Waals surface area contributed by atoms with Gasteiger partial charge in [0.1, 0.15) is 13.1 Å². The summed E-state index contributed by atoms with van der Waals surface area (Å²) in [7, 11) is 0. The van der Waals surface area contributed by atoms with E-state index in [0.29, 0.717) is 24.3 Å². The number of hydrogen-bond donors (Lipinski definition) is 1. The van der Waals surface area contributed by atoms with Crippen LogP contribution in [0.4, 0.5) is 5.69 Å². The quantitative estimate of drug-likeness (QED) is 0.614. The monoisotopic (exact) mass is 437 g/mol.